The van der Waals surface area contributed by atoms with Crippen molar-refractivity contribution in [3.8, 4) is 50.6 Å². The van der Waals surface area contributed by atoms with Crippen molar-refractivity contribution < 1.29 is 15.3 Å². The van der Waals surface area contributed by atoms with Crippen LogP contribution in [0.25, 0.3) is 33.4 Å². The Balaban J connectivity index is 1.92. The maximum absolute atomic E-state index is 9.85. The minimum absolute atomic E-state index is 0.210. The van der Waals surface area contributed by atoms with Crippen molar-refractivity contribution in [1.29, 1.82) is 0 Å². The molecule has 0 fully saturated rings. The van der Waals surface area contributed by atoms with Crippen molar-refractivity contribution in [3.63, 3.8) is 0 Å². The number of hydrogen-bond acceptors (Lipinski definition) is 3. The lowest BCUT2D eigenvalue weighted by atomic mass is 9.93. The van der Waals surface area contributed by atoms with E-state index in [1.54, 1.807) is 36.4 Å². The van der Waals surface area contributed by atoms with E-state index in [-0.39, 0.29) is 17.2 Å². The molecule has 27 heavy (non-hydrogen) atoms. The molecule has 0 radical (unpaired) electrons. The van der Waals surface area contributed by atoms with Gasteiger partial charge in [-0.15, -0.1) is 0 Å². The normalized spacial score (nSPS) is 10.7. The summed E-state index contributed by atoms with van der Waals surface area (Å²) < 4.78 is 0. The molecular formula is C24H18O3. The highest BCUT2D eigenvalue weighted by atomic mass is 16.3. The van der Waals surface area contributed by atoms with Gasteiger partial charge in [-0.05, 0) is 88.0 Å². The van der Waals surface area contributed by atoms with Crippen molar-refractivity contribution in [3.05, 3.63) is 91.0 Å². The van der Waals surface area contributed by atoms with Gasteiger partial charge in [0.1, 0.15) is 17.2 Å². The van der Waals surface area contributed by atoms with Gasteiger partial charge in [-0.3, -0.25) is 0 Å². The lowest BCUT2D eigenvalue weighted by molar-refractivity contribution is 0.475. The van der Waals surface area contributed by atoms with Crippen LogP contribution in [0.4, 0.5) is 0 Å². The molecule has 3 N–H and O–H groups in total. The lowest BCUT2D eigenvalue weighted by Crippen LogP contribution is -1.86. The van der Waals surface area contributed by atoms with Gasteiger partial charge in [0.15, 0.2) is 0 Å². The van der Waals surface area contributed by atoms with E-state index in [9.17, 15) is 15.3 Å². The Bertz CT molecular complexity index is 1030. The first-order valence-electron chi connectivity index (χ1n) is 8.62. The van der Waals surface area contributed by atoms with Gasteiger partial charge < -0.3 is 15.3 Å². The van der Waals surface area contributed by atoms with Crippen molar-refractivity contribution >= 4 is 0 Å². The fourth-order valence-corrected chi connectivity index (χ4v) is 3.15. The quantitative estimate of drug-likeness (QED) is 0.435. The summed E-state index contributed by atoms with van der Waals surface area (Å²) in [4.78, 5) is 0. The van der Waals surface area contributed by atoms with E-state index >= 15 is 0 Å². The van der Waals surface area contributed by atoms with Crippen LogP contribution in [0, 0.1) is 0 Å². The van der Waals surface area contributed by atoms with E-state index in [0.29, 0.717) is 0 Å². The number of benzene rings is 4. The molecule has 0 atom stereocenters. The zero-order valence-electron chi connectivity index (χ0n) is 14.5. The molecule has 0 saturated heterocycles. The maximum Gasteiger partial charge on any atom is 0.116 e. The van der Waals surface area contributed by atoms with Crippen molar-refractivity contribution in [1.82, 2.24) is 0 Å². The maximum atomic E-state index is 9.85. The molecule has 3 nitrogen and oxygen atoms in total. The van der Waals surface area contributed by atoms with Gasteiger partial charge in [-0.1, -0.05) is 36.4 Å². The third-order valence-electron chi connectivity index (χ3n) is 4.49. The summed E-state index contributed by atoms with van der Waals surface area (Å²) >= 11 is 0. The van der Waals surface area contributed by atoms with Crippen LogP contribution >= 0.6 is 0 Å². The second-order valence-electron chi connectivity index (χ2n) is 6.45. The molecule has 0 spiro atoms. The van der Waals surface area contributed by atoms with Crippen molar-refractivity contribution in [2.75, 3.05) is 0 Å². The number of phenolic OH excluding ortho intramolecular Hbond substituents is 3. The van der Waals surface area contributed by atoms with E-state index in [2.05, 4.69) is 0 Å². The third kappa shape index (κ3) is 3.62. The molecule has 0 aromatic heterocycles. The van der Waals surface area contributed by atoms with Gasteiger partial charge in [-0.25, -0.2) is 0 Å². The van der Waals surface area contributed by atoms with E-state index in [1.165, 1.54) is 0 Å². The molecule has 0 heterocycles. The lowest BCUT2D eigenvalue weighted by Gasteiger charge is -2.12. The first-order chi connectivity index (χ1) is 13.1. The van der Waals surface area contributed by atoms with Crippen LogP contribution in [0.15, 0.2) is 91.0 Å². The van der Waals surface area contributed by atoms with E-state index in [0.717, 1.165) is 33.4 Å². The smallest absolute Gasteiger partial charge is 0.116 e. The fraction of sp³-hybridized carbons (Fsp3) is 0. The molecule has 3 heteroatoms. The zero-order valence-corrected chi connectivity index (χ0v) is 14.5. The van der Waals surface area contributed by atoms with Crippen LogP contribution in [0.5, 0.6) is 17.2 Å². The Hall–Kier alpha value is -3.72. The summed E-state index contributed by atoms with van der Waals surface area (Å²) in [5.41, 5.74) is 5.66. The number of aromatic hydroxyl groups is 3. The number of phenols is 3. The molecule has 0 aliphatic carbocycles. The molecule has 0 saturated carbocycles. The van der Waals surface area contributed by atoms with Gasteiger partial charge >= 0.3 is 0 Å². The molecule has 0 aliphatic rings. The van der Waals surface area contributed by atoms with Crippen LogP contribution < -0.4 is 0 Å². The molecule has 0 aliphatic heterocycles. The predicted octanol–water partition coefficient (Wildman–Crippen LogP) is 5.80. The molecule has 4 rings (SSSR count). The Labute approximate surface area is 157 Å². The second-order valence-corrected chi connectivity index (χ2v) is 6.45. The van der Waals surface area contributed by atoms with Crippen LogP contribution in [0.1, 0.15) is 0 Å². The molecule has 4 aromatic rings. The summed E-state index contributed by atoms with van der Waals surface area (Å²) in [5.74, 6) is 0.638. The molecule has 0 bridgehead atoms. The Morgan fingerprint density at radius 2 is 0.778 bits per heavy atom. The van der Waals surface area contributed by atoms with Crippen molar-refractivity contribution in [2.45, 2.75) is 0 Å². The predicted molar refractivity (Wildman–Crippen MR) is 108 cm³/mol. The highest BCUT2D eigenvalue weighted by molar-refractivity contribution is 5.81. The fourth-order valence-electron chi connectivity index (χ4n) is 3.15. The van der Waals surface area contributed by atoms with Gasteiger partial charge in [0.05, 0.1) is 0 Å². The van der Waals surface area contributed by atoms with Gasteiger partial charge in [0.25, 0.3) is 0 Å². The second kappa shape index (κ2) is 6.89. The molecule has 132 valence electrons. The minimum atomic E-state index is 0.210. The van der Waals surface area contributed by atoms with Gasteiger partial charge in [0.2, 0.25) is 0 Å². The summed E-state index contributed by atoms with van der Waals surface area (Å²) in [5, 5.41) is 29.3. The summed E-state index contributed by atoms with van der Waals surface area (Å²) in [6.45, 7) is 0. The van der Waals surface area contributed by atoms with E-state index in [4.69, 9.17) is 0 Å². The van der Waals surface area contributed by atoms with Crippen LogP contribution in [-0.2, 0) is 0 Å². The third-order valence-corrected chi connectivity index (χ3v) is 4.49. The number of rotatable bonds is 3. The van der Waals surface area contributed by atoms with Gasteiger partial charge in [-0.2, -0.15) is 0 Å². The minimum Gasteiger partial charge on any atom is -0.508 e. The van der Waals surface area contributed by atoms with Crippen molar-refractivity contribution in [2.24, 2.45) is 0 Å². The molecule has 0 unspecified atom stereocenters. The van der Waals surface area contributed by atoms with E-state index < -0.39 is 0 Å². The van der Waals surface area contributed by atoms with Crippen LogP contribution in [0.3, 0.4) is 0 Å². The summed E-state index contributed by atoms with van der Waals surface area (Å²) in [6, 6.07) is 27.4. The Morgan fingerprint density at radius 1 is 0.333 bits per heavy atom. The summed E-state index contributed by atoms with van der Waals surface area (Å²) in [7, 11) is 0. The average Bonchev–Trinajstić information content (AvgIpc) is 2.68. The van der Waals surface area contributed by atoms with E-state index in [1.807, 2.05) is 54.6 Å². The highest BCUT2D eigenvalue weighted by Gasteiger charge is 2.08. The number of hydrogen-bond donors (Lipinski definition) is 3. The highest BCUT2D eigenvalue weighted by Crippen LogP contribution is 2.35. The van der Waals surface area contributed by atoms with Crippen LogP contribution in [-0.4, -0.2) is 15.3 Å². The Kier molecular flexibility index (Phi) is 4.27. The molecule has 4 aromatic carbocycles. The first-order valence-corrected chi connectivity index (χ1v) is 8.62. The SMILES string of the molecule is Oc1ccc(-c2cc(-c3cccc(O)c3)cc(-c3cccc(O)c3)c2)cc1. The van der Waals surface area contributed by atoms with Gasteiger partial charge in [0, 0.05) is 0 Å². The first kappa shape index (κ1) is 16.7. The topological polar surface area (TPSA) is 60.7 Å². The molecule has 0 amide bonds. The summed E-state index contributed by atoms with van der Waals surface area (Å²) in [6.07, 6.45) is 0. The largest absolute Gasteiger partial charge is 0.508 e. The standard InChI is InChI=1S/C24H18O3/c25-22-9-7-16(8-10-22)19-11-20(17-3-1-5-23(26)14-17)13-21(12-19)18-4-2-6-24(27)15-18/h1-15,25-27H. The zero-order chi connectivity index (χ0) is 18.8. The monoisotopic (exact) mass is 354 g/mol. The Morgan fingerprint density at radius 3 is 1.22 bits per heavy atom. The van der Waals surface area contributed by atoms with Crippen LogP contribution in [0.2, 0.25) is 0 Å². The molecular weight excluding hydrogens is 336 g/mol. The average molecular weight is 354 g/mol.